The van der Waals surface area contributed by atoms with Crippen LogP contribution in [0.25, 0.3) is 0 Å². The van der Waals surface area contributed by atoms with Crippen molar-refractivity contribution in [3.8, 4) is 0 Å². The van der Waals surface area contributed by atoms with Crippen LogP contribution in [0.4, 0.5) is 4.39 Å². The maximum atomic E-state index is 13.5. The zero-order chi connectivity index (χ0) is 13.8. The van der Waals surface area contributed by atoms with Gasteiger partial charge in [-0.2, -0.15) is 0 Å². The van der Waals surface area contributed by atoms with E-state index in [2.05, 4.69) is 19.9 Å². The van der Waals surface area contributed by atoms with Crippen molar-refractivity contribution in [2.75, 3.05) is 6.61 Å². The number of halogens is 2. The standard InChI is InChI=1S/C10H7ClFN3O3S/c1-2-17-9(16)7-14-15-10(18-7)19-8-6(12)3-5(11)4-13-8/h3-4H,2H2,1H3. The Kier molecular flexibility index (Phi) is 4.33. The van der Waals surface area contributed by atoms with Crippen LogP contribution in [0.15, 0.2) is 26.9 Å². The largest absolute Gasteiger partial charge is 0.459 e. The van der Waals surface area contributed by atoms with Crippen molar-refractivity contribution < 1.29 is 18.3 Å². The van der Waals surface area contributed by atoms with Gasteiger partial charge in [-0.05, 0) is 24.8 Å². The average Bonchev–Trinajstić information content (AvgIpc) is 2.82. The van der Waals surface area contributed by atoms with Gasteiger partial charge in [0.2, 0.25) is 0 Å². The first kappa shape index (κ1) is 13.8. The predicted molar refractivity (Wildman–Crippen MR) is 63.6 cm³/mol. The molecule has 0 radical (unpaired) electrons. The molecule has 0 saturated heterocycles. The number of hydrogen-bond donors (Lipinski definition) is 0. The van der Waals surface area contributed by atoms with Crippen molar-refractivity contribution in [3.63, 3.8) is 0 Å². The third-order valence-electron chi connectivity index (χ3n) is 1.81. The maximum absolute atomic E-state index is 13.5. The van der Waals surface area contributed by atoms with Gasteiger partial charge in [-0.15, -0.1) is 5.10 Å². The Balaban J connectivity index is 2.13. The number of nitrogens with zero attached hydrogens (tertiary/aromatic N) is 3. The van der Waals surface area contributed by atoms with Crippen LogP contribution in [0, 0.1) is 5.82 Å². The fourth-order valence-corrected chi connectivity index (χ4v) is 1.86. The van der Waals surface area contributed by atoms with E-state index in [-0.39, 0.29) is 27.8 Å². The van der Waals surface area contributed by atoms with Gasteiger partial charge in [0.25, 0.3) is 5.22 Å². The molecular formula is C10H7ClFN3O3S. The van der Waals surface area contributed by atoms with E-state index >= 15 is 0 Å². The summed E-state index contributed by atoms with van der Waals surface area (Å²) in [5.74, 6) is -1.64. The molecule has 0 atom stereocenters. The molecule has 0 saturated carbocycles. The smallest absolute Gasteiger partial charge is 0.396 e. The highest BCUT2D eigenvalue weighted by Gasteiger charge is 2.18. The summed E-state index contributed by atoms with van der Waals surface area (Å²) in [4.78, 5) is 15.1. The summed E-state index contributed by atoms with van der Waals surface area (Å²) in [6, 6.07) is 1.11. The van der Waals surface area contributed by atoms with E-state index in [1.54, 1.807) is 6.92 Å². The van der Waals surface area contributed by atoms with Crippen molar-refractivity contribution in [2.24, 2.45) is 0 Å². The molecule has 0 amide bonds. The second kappa shape index (κ2) is 5.98. The molecule has 0 aliphatic heterocycles. The number of carbonyl (C=O) groups excluding carboxylic acids is 1. The predicted octanol–water partition coefficient (Wildman–Crippen LogP) is 2.59. The van der Waals surface area contributed by atoms with E-state index in [0.29, 0.717) is 0 Å². The average molecular weight is 304 g/mol. The molecule has 0 N–H and O–H groups in total. The molecule has 0 spiro atoms. The first-order valence-corrected chi connectivity index (χ1v) is 6.29. The molecule has 2 heterocycles. The Morgan fingerprint density at radius 2 is 2.37 bits per heavy atom. The molecule has 19 heavy (non-hydrogen) atoms. The van der Waals surface area contributed by atoms with E-state index in [4.69, 9.17) is 16.0 Å². The topological polar surface area (TPSA) is 78.1 Å². The van der Waals surface area contributed by atoms with Gasteiger partial charge >= 0.3 is 11.9 Å². The Bertz CT molecular complexity index is 607. The Morgan fingerprint density at radius 1 is 1.58 bits per heavy atom. The summed E-state index contributed by atoms with van der Waals surface area (Å²) in [7, 11) is 0. The second-order valence-corrected chi connectivity index (χ2v) is 4.51. The lowest BCUT2D eigenvalue weighted by molar-refractivity contribution is 0.0475. The molecule has 0 unspecified atom stereocenters. The van der Waals surface area contributed by atoms with Crippen LogP contribution in [0.2, 0.25) is 5.02 Å². The number of rotatable bonds is 4. The zero-order valence-corrected chi connectivity index (χ0v) is 11.2. The van der Waals surface area contributed by atoms with Gasteiger partial charge in [-0.25, -0.2) is 14.2 Å². The third-order valence-corrected chi connectivity index (χ3v) is 2.85. The minimum Gasteiger partial charge on any atom is -0.459 e. The van der Waals surface area contributed by atoms with Crippen molar-refractivity contribution >= 4 is 29.3 Å². The Morgan fingerprint density at radius 3 is 3.05 bits per heavy atom. The second-order valence-electron chi connectivity index (χ2n) is 3.14. The minimum absolute atomic E-state index is 0.0169. The van der Waals surface area contributed by atoms with E-state index in [1.165, 1.54) is 6.20 Å². The van der Waals surface area contributed by atoms with E-state index in [9.17, 15) is 9.18 Å². The van der Waals surface area contributed by atoms with Crippen LogP contribution in [0.3, 0.4) is 0 Å². The maximum Gasteiger partial charge on any atom is 0.396 e. The summed E-state index contributed by atoms with van der Waals surface area (Å²) >= 11 is 6.36. The summed E-state index contributed by atoms with van der Waals surface area (Å²) in [5, 5.41) is 7.25. The van der Waals surface area contributed by atoms with Crippen LogP contribution in [-0.4, -0.2) is 27.8 Å². The highest BCUT2D eigenvalue weighted by atomic mass is 35.5. The molecular weight excluding hydrogens is 297 g/mol. The number of aromatic nitrogens is 3. The Hall–Kier alpha value is -1.67. The highest BCUT2D eigenvalue weighted by Crippen LogP contribution is 2.28. The van der Waals surface area contributed by atoms with E-state index < -0.39 is 11.8 Å². The molecule has 0 bridgehead atoms. The SMILES string of the molecule is CCOC(=O)c1nnc(Sc2ncc(Cl)cc2F)o1. The van der Waals surface area contributed by atoms with Gasteiger partial charge in [0.1, 0.15) is 5.03 Å². The first-order valence-electron chi connectivity index (χ1n) is 5.09. The number of pyridine rings is 1. The van der Waals surface area contributed by atoms with Gasteiger partial charge in [-0.3, -0.25) is 0 Å². The third kappa shape index (κ3) is 3.42. The molecule has 2 rings (SSSR count). The molecule has 6 nitrogen and oxygen atoms in total. The molecule has 0 aromatic carbocycles. The molecule has 100 valence electrons. The van der Waals surface area contributed by atoms with Gasteiger partial charge in [-0.1, -0.05) is 16.7 Å². The first-order chi connectivity index (χ1) is 9.10. The number of hydrogen-bond acceptors (Lipinski definition) is 7. The number of esters is 1. The lowest BCUT2D eigenvalue weighted by atomic mass is 10.5. The van der Waals surface area contributed by atoms with Crippen LogP contribution in [0.5, 0.6) is 0 Å². The fraction of sp³-hybridized carbons (Fsp3) is 0.200. The van der Waals surface area contributed by atoms with Crippen LogP contribution >= 0.6 is 23.4 Å². The summed E-state index contributed by atoms with van der Waals surface area (Å²) in [6.45, 7) is 1.84. The Labute approximate surface area is 116 Å². The van der Waals surface area contributed by atoms with Crippen molar-refractivity contribution in [2.45, 2.75) is 17.2 Å². The fourth-order valence-electron chi connectivity index (χ4n) is 1.09. The van der Waals surface area contributed by atoms with Crippen molar-refractivity contribution in [1.82, 2.24) is 15.2 Å². The molecule has 0 aliphatic rings. The minimum atomic E-state index is -0.730. The summed E-state index contributed by atoms with van der Waals surface area (Å²) in [5.41, 5.74) is 0. The number of ether oxygens (including phenoxy) is 1. The van der Waals surface area contributed by atoms with Gasteiger partial charge in [0.15, 0.2) is 5.82 Å². The highest BCUT2D eigenvalue weighted by molar-refractivity contribution is 7.99. The number of carbonyl (C=O) groups is 1. The molecule has 0 fully saturated rings. The monoisotopic (exact) mass is 303 g/mol. The normalized spacial score (nSPS) is 10.5. The van der Waals surface area contributed by atoms with Crippen LogP contribution in [0.1, 0.15) is 17.6 Å². The van der Waals surface area contributed by atoms with Crippen LogP contribution in [-0.2, 0) is 4.74 Å². The molecule has 9 heteroatoms. The van der Waals surface area contributed by atoms with E-state index in [1.807, 2.05) is 0 Å². The lowest BCUT2D eigenvalue weighted by Crippen LogP contribution is -2.04. The van der Waals surface area contributed by atoms with Crippen LogP contribution < -0.4 is 0 Å². The van der Waals surface area contributed by atoms with Gasteiger partial charge in [0.05, 0.1) is 11.6 Å². The van der Waals surface area contributed by atoms with Crippen molar-refractivity contribution in [1.29, 1.82) is 0 Å². The lowest BCUT2D eigenvalue weighted by Gasteiger charge is -1.98. The quantitative estimate of drug-likeness (QED) is 0.803. The zero-order valence-electron chi connectivity index (χ0n) is 9.59. The van der Waals surface area contributed by atoms with E-state index in [0.717, 1.165) is 17.8 Å². The summed E-state index contributed by atoms with van der Waals surface area (Å²) in [6.07, 6.45) is 1.29. The summed E-state index contributed by atoms with van der Waals surface area (Å²) < 4.78 is 23.2. The van der Waals surface area contributed by atoms with Gasteiger partial charge in [0, 0.05) is 6.20 Å². The van der Waals surface area contributed by atoms with Crippen molar-refractivity contribution in [3.05, 3.63) is 29.0 Å². The molecule has 0 aliphatic carbocycles. The molecule has 2 aromatic rings. The molecule has 2 aromatic heterocycles. The van der Waals surface area contributed by atoms with Gasteiger partial charge < -0.3 is 9.15 Å².